The Labute approximate surface area is 180 Å². The molecule has 4 nitrogen and oxygen atoms in total. The van der Waals surface area contributed by atoms with Gasteiger partial charge in [0.15, 0.2) is 0 Å². The zero-order valence-electron chi connectivity index (χ0n) is 16.6. The van der Waals surface area contributed by atoms with Crippen LogP contribution in [0.1, 0.15) is 16.0 Å². The summed E-state index contributed by atoms with van der Waals surface area (Å²) in [6.45, 7) is 2.00. The molecule has 5 rings (SSSR count). The zero-order chi connectivity index (χ0) is 20.3. The van der Waals surface area contributed by atoms with Crippen LogP contribution >= 0.6 is 11.3 Å². The molecule has 0 atom stereocenters. The van der Waals surface area contributed by atoms with E-state index in [1.165, 1.54) is 16.1 Å². The Morgan fingerprint density at radius 2 is 1.67 bits per heavy atom. The van der Waals surface area contributed by atoms with E-state index in [0.717, 1.165) is 36.4 Å². The Hall–Kier alpha value is -3.31. The molecule has 0 unspecified atom stereocenters. The van der Waals surface area contributed by atoms with Crippen molar-refractivity contribution >= 4 is 28.6 Å². The van der Waals surface area contributed by atoms with Crippen LogP contribution in [-0.4, -0.2) is 17.0 Å². The molecular weight excluding hydrogens is 390 g/mol. The second-order valence-corrected chi connectivity index (χ2v) is 8.57. The minimum Gasteiger partial charge on any atom is -0.367 e. The fraction of sp³-hybridized carbons (Fsp3) is 0.160. The number of carbonyl (C=O) groups is 1. The van der Waals surface area contributed by atoms with Gasteiger partial charge in [-0.05, 0) is 77.5 Å². The quantitative estimate of drug-likeness (QED) is 0.483. The molecule has 1 aliphatic heterocycles. The molecule has 0 aliphatic carbocycles. The largest absolute Gasteiger partial charge is 0.367 e. The van der Waals surface area contributed by atoms with E-state index in [1.807, 2.05) is 76.8 Å². The van der Waals surface area contributed by atoms with E-state index >= 15 is 0 Å². The second kappa shape index (κ2) is 8.20. The summed E-state index contributed by atoms with van der Waals surface area (Å²) in [4.78, 5) is 16.4. The number of fused-ring (bicyclic) bond motifs is 1. The summed E-state index contributed by atoms with van der Waals surface area (Å²) in [5, 5.41) is 5.19. The number of hydrogen-bond acceptors (Lipinski definition) is 3. The highest BCUT2D eigenvalue weighted by atomic mass is 32.1. The number of hydrogen-bond donors (Lipinski definition) is 1. The van der Waals surface area contributed by atoms with Crippen molar-refractivity contribution in [2.45, 2.75) is 19.4 Å². The van der Waals surface area contributed by atoms with Gasteiger partial charge in [-0.15, -0.1) is 11.3 Å². The summed E-state index contributed by atoms with van der Waals surface area (Å²) >= 11 is 1.86. The highest BCUT2D eigenvalue weighted by Gasteiger charge is 2.17. The summed E-state index contributed by atoms with van der Waals surface area (Å²) in [6, 6.07) is 22.5. The molecule has 0 fully saturated rings. The highest BCUT2D eigenvalue weighted by molar-refractivity contribution is 7.10. The summed E-state index contributed by atoms with van der Waals surface area (Å²) in [7, 11) is 0. The van der Waals surface area contributed by atoms with Crippen LogP contribution in [0.5, 0.6) is 0 Å². The maximum atomic E-state index is 12.5. The molecule has 0 spiro atoms. The zero-order valence-corrected chi connectivity index (χ0v) is 17.4. The van der Waals surface area contributed by atoms with Gasteiger partial charge in [-0.2, -0.15) is 0 Å². The van der Waals surface area contributed by atoms with E-state index in [2.05, 4.69) is 33.8 Å². The van der Waals surface area contributed by atoms with Crippen LogP contribution in [0, 0.1) is 0 Å². The number of thiophene rings is 1. The Morgan fingerprint density at radius 3 is 2.43 bits per heavy atom. The monoisotopic (exact) mass is 413 g/mol. The SMILES string of the molecule is O=C(Cc1ccc(-n2cccc2)cc1)Nc1ccc(N2CCc3sccc3C2)cc1. The van der Waals surface area contributed by atoms with E-state index in [4.69, 9.17) is 0 Å². The van der Waals surface area contributed by atoms with Crippen molar-refractivity contribution in [3.05, 3.63) is 101 Å². The molecule has 3 heterocycles. The van der Waals surface area contributed by atoms with Crippen LogP contribution in [0.15, 0.2) is 84.5 Å². The van der Waals surface area contributed by atoms with Crippen molar-refractivity contribution in [2.24, 2.45) is 0 Å². The van der Waals surface area contributed by atoms with Gasteiger partial charge in [0.05, 0.1) is 6.42 Å². The fourth-order valence-corrected chi connectivity index (χ4v) is 4.80. The maximum absolute atomic E-state index is 12.5. The molecule has 30 heavy (non-hydrogen) atoms. The van der Waals surface area contributed by atoms with Crippen molar-refractivity contribution in [3.63, 3.8) is 0 Å². The van der Waals surface area contributed by atoms with Crippen molar-refractivity contribution in [3.8, 4) is 5.69 Å². The standard InChI is InChI=1S/C25H23N3OS/c29-25(17-19-3-7-22(8-4-19)27-13-1-2-14-27)26-21-5-9-23(10-6-21)28-15-11-24-20(18-28)12-16-30-24/h1-10,12-14,16H,11,15,17-18H2,(H,26,29). The molecule has 0 saturated heterocycles. The minimum absolute atomic E-state index is 0.00245. The topological polar surface area (TPSA) is 37.3 Å². The first-order chi connectivity index (χ1) is 14.7. The van der Waals surface area contributed by atoms with Gasteiger partial charge < -0.3 is 14.8 Å². The van der Waals surface area contributed by atoms with Gasteiger partial charge >= 0.3 is 0 Å². The number of amides is 1. The Bertz CT molecular complexity index is 1130. The lowest BCUT2D eigenvalue weighted by Crippen LogP contribution is -2.29. The molecule has 1 aliphatic rings. The number of nitrogens with one attached hydrogen (secondary N) is 1. The van der Waals surface area contributed by atoms with Crippen LogP contribution in [0.3, 0.4) is 0 Å². The van der Waals surface area contributed by atoms with Gasteiger partial charge in [-0.25, -0.2) is 0 Å². The molecular formula is C25H23N3OS. The Kier molecular flexibility index (Phi) is 5.11. The number of carbonyl (C=O) groups excluding carboxylic acids is 1. The van der Waals surface area contributed by atoms with Gasteiger partial charge in [-0.3, -0.25) is 4.79 Å². The minimum atomic E-state index is -0.00245. The predicted molar refractivity (Wildman–Crippen MR) is 124 cm³/mol. The lowest BCUT2D eigenvalue weighted by molar-refractivity contribution is -0.115. The van der Waals surface area contributed by atoms with Gasteiger partial charge in [0.25, 0.3) is 0 Å². The molecule has 5 heteroatoms. The Balaban J connectivity index is 1.18. The van der Waals surface area contributed by atoms with E-state index in [0.29, 0.717) is 6.42 Å². The molecule has 1 N–H and O–H groups in total. The number of nitrogens with zero attached hydrogens (tertiary/aromatic N) is 2. The third-order valence-corrected chi connectivity index (χ3v) is 6.55. The number of aromatic nitrogens is 1. The van der Waals surface area contributed by atoms with E-state index in [9.17, 15) is 4.79 Å². The molecule has 4 aromatic rings. The van der Waals surface area contributed by atoms with E-state index in [-0.39, 0.29) is 5.91 Å². The van der Waals surface area contributed by atoms with Crippen LogP contribution in [-0.2, 0) is 24.2 Å². The number of rotatable bonds is 5. The maximum Gasteiger partial charge on any atom is 0.228 e. The van der Waals surface area contributed by atoms with Crippen LogP contribution in [0.4, 0.5) is 11.4 Å². The third kappa shape index (κ3) is 4.02. The molecule has 0 radical (unpaired) electrons. The average molecular weight is 414 g/mol. The van der Waals surface area contributed by atoms with Gasteiger partial charge in [0, 0.05) is 47.4 Å². The van der Waals surface area contributed by atoms with Crippen molar-refractivity contribution < 1.29 is 4.79 Å². The van der Waals surface area contributed by atoms with Crippen LogP contribution in [0.25, 0.3) is 5.69 Å². The smallest absolute Gasteiger partial charge is 0.228 e. The van der Waals surface area contributed by atoms with Crippen molar-refractivity contribution in [1.82, 2.24) is 4.57 Å². The lowest BCUT2D eigenvalue weighted by atomic mass is 10.1. The van der Waals surface area contributed by atoms with E-state index < -0.39 is 0 Å². The normalized spacial score (nSPS) is 13.1. The fourth-order valence-electron chi connectivity index (χ4n) is 3.91. The molecule has 2 aromatic carbocycles. The van der Waals surface area contributed by atoms with E-state index in [1.54, 1.807) is 0 Å². The molecule has 0 bridgehead atoms. The first-order valence-electron chi connectivity index (χ1n) is 10.2. The van der Waals surface area contributed by atoms with Gasteiger partial charge in [-0.1, -0.05) is 12.1 Å². The van der Waals surface area contributed by atoms with Crippen LogP contribution in [0.2, 0.25) is 0 Å². The number of anilines is 2. The molecule has 150 valence electrons. The molecule has 1 amide bonds. The predicted octanol–water partition coefficient (Wildman–Crippen LogP) is 5.28. The second-order valence-electron chi connectivity index (χ2n) is 7.57. The van der Waals surface area contributed by atoms with Gasteiger partial charge in [0.2, 0.25) is 5.91 Å². The van der Waals surface area contributed by atoms with Crippen molar-refractivity contribution in [2.75, 3.05) is 16.8 Å². The lowest BCUT2D eigenvalue weighted by Gasteiger charge is -2.29. The van der Waals surface area contributed by atoms with Crippen LogP contribution < -0.4 is 10.2 Å². The Morgan fingerprint density at radius 1 is 0.933 bits per heavy atom. The highest BCUT2D eigenvalue weighted by Crippen LogP contribution is 2.28. The number of benzene rings is 2. The molecule has 2 aromatic heterocycles. The van der Waals surface area contributed by atoms with Gasteiger partial charge in [0.1, 0.15) is 0 Å². The first kappa shape index (κ1) is 18.7. The summed E-state index contributed by atoms with van der Waals surface area (Å²) in [6.07, 6.45) is 5.48. The third-order valence-electron chi connectivity index (χ3n) is 5.53. The molecule has 0 saturated carbocycles. The summed E-state index contributed by atoms with van der Waals surface area (Å²) in [5.41, 5.74) is 5.56. The summed E-state index contributed by atoms with van der Waals surface area (Å²) < 4.78 is 2.05. The summed E-state index contributed by atoms with van der Waals surface area (Å²) in [5.74, 6) is -0.00245. The average Bonchev–Trinajstić information content (AvgIpc) is 3.46. The van der Waals surface area contributed by atoms with Crippen molar-refractivity contribution in [1.29, 1.82) is 0 Å². The first-order valence-corrected chi connectivity index (χ1v) is 11.0.